The van der Waals surface area contributed by atoms with Crippen LogP contribution < -0.4 is 5.32 Å². The molecular weight excluding hydrogens is 273 g/mol. The predicted octanol–water partition coefficient (Wildman–Crippen LogP) is 4.24. The van der Waals surface area contributed by atoms with Crippen molar-refractivity contribution in [3.63, 3.8) is 0 Å². The lowest BCUT2D eigenvalue weighted by Gasteiger charge is -2.08. The van der Waals surface area contributed by atoms with Crippen molar-refractivity contribution in [1.82, 2.24) is 9.97 Å². The van der Waals surface area contributed by atoms with Crippen LogP contribution in [0.4, 0.5) is 10.2 Å². The van der Waals surface area contributed by atoms with Gasteiger partial charge in [-0.3, -0.25) is 0 Å². The molecule has 20 heavy (non-hydrogen) atoms. The Labute approximate surface area is 120 Å². The average Bonchev–Trinajstić information content (AvgIpc) is 2.85. The third-order valence-electron chi connectivity index (χ3n) is 2.96. The Morgan fingerprint density at radius 2 is 2.05 bits per heavy atom. The summed E-state index contributed by atoms with van der Waals surface area (Å²) in [5.41, 5.74) is 0.622. The summed E-state index contributed by atoms with van der Waals surface area (Å²) in [7, 11) is 0. The summed E-state index contributed by atoms with van der Waals surface area (Å²) in [6, 6.07) is 8.62. The van der Waals surface area contributed by atoms with Crippen molar-refractivity contribution in [1.29, 1.82) is 0 Å². The first kappa shape index (κ1) is 13.0. The number of halogens is 1. The molecule has 0 fully saturated rings. The smallest absolute Gasteiger partial charge is 0.172 e. The molecule has 1 N–H and O–H groups in total. The summed E-state index contributed by atoms with van der Waals surface area (Å²) < 4.78 is 13.4. The van der Waals surface area contributed by atoms with Gasteiger partial charge in [-0.2, -0.15) is 0 Å². The van der Waals surface area contributed by atoms with E-state index in [1.165, 1.54) is 17.0 Å². The number of hydrogen-bond donors (Lipinski definition) is 1. The van der Waals surface area contributed by atoms with Crippen LogP contribution in [0.2, 0.25) is 0 Å². The molecule has 0 spiro atoms. The Balaban J connectivity index is 2.23. The Bertz CT molecular complexity index is 767. The SMILES string of the molecule is CCNc1nc(-c2ccc(C)s2)nc2cc(F)ccc12. The first-order valence-electron chi connectivity index (χ1n) is 6.45. The second-order valence-corrected chi connectivity index (χ2v) is 5.79. The summed E-state index contributed by atoms with van der Waals surface area (Å²) in [5.74, 6) is 1.10. The van der Waals surface area contributed by atoms with E-state index in [2.05, 4.69) is 15.3 Å². The highest BCUT2D eigenvalue weighted by Crippen LogP contribution is 2.29. The Hall–Kier alpha value is -2.01. The quantitative estimate of drug-likeness (QED) is 0.783. The fraction of sp³-hybridized carbons (Fsp3) is 0.200. The molecule has 0 bridgehead atoms. The Morgan fingerprint density at radius 1 is 1.20 bits per heavy atom. The highest BCUT2D eigenvalue weighted by molar-refractivity contribution is 7.15. The van der Waals surface area contributed by atoms with Gasteiger partial charge in [0, 0.05) is 22.9 Å². The molecule has 1 aromatic carbocycles. The summed E-state index contributed by atoms with van der Waals surface area (Å²) in [5, 5.41) is 4.06. The summed E-state index contributed by atoms with van der Waals surface area (Å²) in [6.45, 7) is 4.80. The van der Waals surface area contributed by atoms with E-state index in [-0.39, 0.29) is 5.82 Å². The number of nitrogens with zero attached hydrogens (tertiary/aromatic N) is 2. The number of hydrogen-bond acceptors (Lipinski definition) is 4. The standard InChI is InChI=1S/C15H14FN3S/c1-3-17-14-11-6-5-10(16)8-12(11)18-15(19-14)13-7-4-9(2)20-13/h4-8H,3H2,1-2H3,(H,17,18,19). The number of benzene rings is 1. The number of anilines is 1. The molecule has 2 heterocycles. The maximum atomic E-state index is 13.4. The Kier molecular flexibility index (Phi) is 3.36. The molecule has 3 rings (SSSR count). The van der Waals surface area contributed by atoms with Gasteiger partial charge in [-0.15, -0.1) is 11.3 Å². The number of aryl methyl sites for hydroxylation is 1. The molecule has 3 aromatic rings. The topological polar surface area (TPSA) is 37.8 Å². The number of aromatic nitrogens is 2. The maximum Gasteiger partial charge on any atom is 0.172 e. The molecule has 0 aliphatic carbocycles. The third kappa shape index (κ3) is 2.36. The molecule has 3 nitrogen and oxygen atoms in total. The average molecular weight is 287 g/mol. The van der Waals surface area contributed by atoms with Crippen molar-refractivity contribution >= 4 is 28.1 Å². The van der Waals surface area contributed by atoms with E-state index in [0.29, 0.717) is 11.3 Å². The van der Waals surface area contributed by atoms with Crippen molar-refractivity contribution in [3.8, 4) is 10.7 Å². The van der Waals surface area contributed by atoms with E-state index >= 15 is 0 Å². The fourth-order valence-electron chi connectivity index (χ4n) is 2.07. The van der Waals surface area contributed by atoms with Gasteiger partial charge >= 0.3 is 0 Å². The maximum absolute atomic E-state index is 13.4. The molecule has 0 saturated heterocycles. The Morgan fingerprint density at radius 3 is 2.75 bits per heavy atom. The minimum Gasteiger partial charge on any atom is -0.370 e. The molecule has 0 amide bonds. The number of rotatable bonds is 3. The summed E-state index contributed by atoms with van der Waals surface area (Å²) in [6.07, 6.45) is 0. The van der Waals surface area contributed by atoms with Crippen LogP contribution in [0.15, 0.2) is 30.3 Å². The van der Waals surface area contributed by atoms with E-state index in [1.807, 2.05) is 26.0 Å². The van der Waals surface area contributed by atoms with Crippen LogP contribution in [0.1, 0.15) is 11.8 Å². The second kappa shape index (κ2) is 5.17. The van der Waals surface area contributed by atoms with E-state index < -0.39 is 0 Å². The van der Waals surface area contributed by atoms with Crippen LogP contribution in [0, 0.1) is 12.7 Å². The zero-order chi connectivity index (χ0) is 14.1. The van der Waals surface area contributed by atoms with Gasteiger partial charge in [-0.1, -0.05) is 0 Å². The summed E-state index contributed by atoms with van der Waals surface area (Å²) >= 11 is 1.63. The van der Waals surface area contributed by atoms with Crippen LogP contribution in [0.3, 0.4) is 0 Å². The van der Waals surface area contributed by atoms with Crippen LogP contribution in [-0.2, 0) is 0 Å². The van der Waals surface area contributed by atoms with Gasteiger partial charge in [0.1, 0.15) is 11.6 Å². The van der Waals surface area contributed by atoms with Crippen LogP contribution in [-0.4, -0.2) is 16.5 Å². The lowest BCUT2D eigenvalue weighted by molar-refractivity contribution is 0.629. The predicted molar refractivity (Wildman–Crippen MR) is 81.7 cm³/mol. The highest BCUT2D eigenvalue weighted by atomic mass is 32.1. The van der Waals surface area contributed by atoms with E-state index in [1.54, 1.807) is 17.4 Å². The highest BCUT2D eigenvalue weighted by Gasteiger charge is 2.11. The van der Waals surface area contributed by atoms with Gasteiger partial charge in [0.25, 0.3) is 0 Å². The van der Waals surface area contributed by atoms with Gasteiger partial charge in [0.05, 0.1) is 10.4 Å². The molecule has 0 radical (unpaired) electrons. The molecule has 2 aromatic heterocycles. The van der Waals surface area contributed by atoms with Crippen molar-refractivity contribution in [3.05, 3.63) is 41.0 Å². The fourth-order valence-corrected chi connectivity index (χ4v) is 2.87. The second-order valence-electron chi connectivity index (χ2n) is 4.50. The molecule has 0 aliphatic heterocycles. The van der Waals surface area contributed by atoms with Crippen molar-refractivity contribution in [2.24, 2.45) is 0 Å². The van der Waals surface area contributed by atoms with Gasteiger partial charge in [-0.05, 0) is 38.1 Å². The number of fused-ring (bicyclic) bond motifs is 1. The number of thiophene rings is 1. The van der Waals surface area contributed by atoms with Gasteiger partial charge in [-0.25, -0.2) is 14.4 Å². The zero-order valence-electron chi connectivity index (χ0n) is 11.3. The molecule has 102 valence electrons. The number of nitrogens with one attached hydrogen (secondary N) is 1. The molecule has 0 atom stereocenters. The lowest BCUT2D eigenvalue weighted by Crippen LogP contribution is -2.02. The largest absolute Gasteiger partial charge is 0.370 e. The molecule has 0 saturated carbocycles. The lowest BCUT2D eigenvalue weighted by atomic mass is 10.2. The van der Waals surface area contributed by atoms with E-state index in [0.717, 1.165) is 22.6 Å². The van der Waals surface area contributed by atoms with E-state index in [4.69, 9.17) is 0 Å². The zero-order valence-corrected chi connectivity index (χ0v) is 12.1. The molecule has 5 heteroatoms. The minimum atomic E-state index is -0.285. The van der Waals surface area contributed by atoms with Crippen LogP contribution >= 0.6 is 11.3 Å². The van der Waals surface area contributed by atoms with Crippen molar-refractivity contribution < 1.29 is 4.39 Å². The van der Waals surface area contributed by atoms with Gasteiger partial charge in [0.2, 0.25) is 0 Å². The van der Waals surface area contributed by atoms with Gasteiger partial charge < -0.3 is 5.32 Å². The first-order valence-corrected chi connectivity index (χ1v) is 7.27. The molecule has 0 unspecified atom stereocenters. The van der Waals surface area contributed by atoms with E-state index in [9.17, 15) is 4.39 Å². The first-order chi connectivity index (χ1) is 9.67. The van der Waals surface area contributed by atoms with Crippen molar-refractivity contribution in [2.75, 3.05) is 11.9 Å². The summed E-state index contributed by atoms with van der Waals surface area (Å²) in [4.78, 5) is 11.2. The van der Waals surface area contributed by atoms with Crippen LogP contribution in [0.25, 0.3) is 21.6 Å². The molecule has 0 aliphatic rings. The normalized spacial score (nSPS) is 10.9. The van der Waals surface area contributed by atoms with Gasteiger partial charge in [0.15, 0.2) is 5.82 Å². The van der Waals surface area contributed by atoms with Crippen molar-refractivity contribution in [2.45, 2.75) is 13.8 Å². The minimum absolute atomic E-state index is 0.285. The molecular formula is C15H14FN3S. The van der Waals surface area contributed by atoms with Crippen LogP contribution in [0.5, 0.6) is 0 Å². The monoisotopic (exact) mass is 287 g/mol. The third-order valence-corrected chi connectivity index (χ3v) is 3.96.